The van der Waals surface area contributed by atoms with Gasteiger partial charge in [0.1, 0.15) is 0 Å². The van der Waals surface area contributed by atoms with Gasteiger partial charge in [-0.15, -0.1) is 0 Å². The van der Waals surface area contributed by atoms with Gasteiger partial charge in [0.05, 0.1) is 0 Å². The van der Waals surface area contributed by atoms with Gasteiger partial charge >= 0.3 is 0 Å². The molecule has 0 saturated carbocycles. The Morgan fingerprint density at radius 1 is 1.41 bits per heavy atom. The third kappa shape index (κ3) is 5.29. The number of likely N-dealkylation sites (tertiary alicyclic amines) is 1. The van der Waals surface area contributed by atoms with Crippen LogP contribution in [0.4, 0.5) is 0 Å². The van der Waals surface area contributed by atoms with Crippen molar-refractivity contribution < 1.29 is 4.79 Å². The van der Waals surface area contributed by atoms with Gasteiger partial charge in [0.25, 0.3) is 0 Å². The number of hydrogen-bond acceptors (Lipinski definition) is 2. The van der Waals surface area contributed by atoms with Crippen LogP contribution in [0, 0.1) is 5.92 Å². The first-order valence-corrected chi connectivity index (χ1v) is 8.73. The molecule has 2 rings (SSSR count). The molecule has 3 nitrogen and oxygen atoms in total. The van der Waals surface area contributed by atoms with Gasteiger partial charge in [0.15, 0.2) is 0 Å². The molecule has 1 fully saturated rings. The minimum Gasteiger partial charge on any atom is -0.353 e. The summed E-state index contributed by atoms with van der Waals surface area (Å²) in [5, 5.41) is 3.94. The molecule has 0 unspecified atom stereocenters. The van der Waals surface area contributed by atoms with E-state index in [4.69, 9.17) is 11.6 Å². The summed E-state index contributed by atoms with van der Waals surface area (Å²) in [5.41, 5.74) is 1.24. The third-order valence-corrected chi connectivity index (χ3v) is 4.60. The smallest absolute Gasteiger partial charge is 0.223 e. The van der Waals surface area contributed by atoms with Crippen LogP contribution in [0.25, 0.3) is 0 Å². The van der Waals surface area contributed by atoms with Crippen molar-refractivity contribution in [1.29, 1.82) is 0 Å². The molecule has 1 amide bonds. The number of rotatable bonds is 6. The number of carbonyl (C=O) groups is 1. The number of halogens is 1. The first kappa shape index (κ1) is 17.3. The quantitative estimate of drug-likeness (QED) is 0.862. The molecule has 1 aliphatic rings. The van der Waals surface area contributed by atoms with E-state index < -0.39 is 0 Å². The van der Waals surface area contributed by atoms with Crippen molar-refractivity contribution in [2.75, 3.05) is 13.1 Å². The lowest BCUT2D eigenvalue weighted by atomic mass is 9.95. The van der Waals surface area contributed by atoms with Gasteiger partial charge in [-0.1, -0.05) is 37.1 Å². The summed E-state index contributed by atoms with van der Waals surface area (Å²) in [6.45, 7) is 7.12. The normalized spacial score (nSPS) is 18.1. The fraction of sp³-hybridized carbons (Fsp3) is 0.611. The van der Waals surface area contributed by atoms with E-state index in [-0.39, 0.29) is 11.8 Å². The highest BCUT2D eigenvalue weighted by Gasteiger charge is 2.25. The largest absolute Gasteiger partial charge is 0.353 e. The summed E-state index contributed by atoms with van der Waals surface area (Å²) in [5.74, 6) is 0.415. The van der Waals surface area contributed by atoms with Crippen LogP contribution in [-0.4, -0.2) is 29.9 Å². The lowest BCUT2D eigenvalue weighted by Gasteiger charge is -2.32. The Morgan fingerprint density at radius 3 is 2.77 bits per heavy atom. The summed E-state index contributed by atoms with van der Waals surface area (Å²) < 4.78 is 0. The van der Waals surface area contributed by atoms with Gasteiger partial charge < -0.3 is 5.32 Å². The maximum Gasteiger partial charge on any atom is 0.223 e. The van der Waals surface area contributed by atoms with Crippen LogP contribution in [0.2, 0.25) is 5.02 Å². The molecule has 22 heavy (non-hydrogen) atoms. The first-order valence-electron chi connectivity index (χ1n) is 8.35. The van der Waals surface area contributed by atoms with Crippen molar-refractivity contribution in [3.8, 4) is 0 Å². The minimum atomic E-state index is 0.176. The summed E-state index contributed by atoms with van der Waals surface area (Å²) in [6, 6.07) is 8.32. The molecule has 1 atom stereocenters. The van der Waals surface area contributed by atoms with Crippen molar-refractivity contribution in [1.82, 2.24) is 10.2 Å². The molecule has 1 N–H and O–H groups in total. The Bertz CT molecular complexity index is 484. The van der Waals surface area contributed by atoms with Gasteiger partial charge in [-0.05, 0) is 57.0 Å². The number of carbonyl (C=O) groups excluding carboxylic acids is 1. The summed E-state index contributed by atoms with van der Waals surface area (Å²) >= 11 is 6.03. The Labute approximate surface area is 139 Å². The predicted molar refractivity (Wildman–Crippen MR) is 92.0 cm³/mol. The summed E-state index contributed by atoms with van der Waals surface area (Å²) in [4.78, 5) is 14.7. The highest BCUT2D eigenvalue weighted by atomic mass is 35.5. The molecule has 0 aromatic heterocycles. The van der Waals surface area contributed by atoms with E-state index in [2.05, 4.69) is 30.1 Å². The van der Waals surface area contributed by atoms with Crippen LogP contribution in [0.3, 0.4) is 0 Å². The number of nitrogens with zero attached hydrogens (tertiary/aromatic N) is 1. The van der Waals surface area contributed by atoms with Crippen LogP contribution in [-0.2, 0) is 11.3 Å². The topological polar surface area (TPSA) is 32.3 Å². The second-order valence-corrected chi connectivity index (χ2v) is 6.82. The predicted octanol–water partition coefficient (Wildman–Crippen LogP) is 3.86. The second kappa shape index (κ2) is 8.54. The fourth-order valence-electron chi connectivity index (χ4n) is 3.11. The zero-order valence-electron chi connectivity index (χ0n) is 13.6. The zero-order valence-corrected chi connectivity index (χ0v) is 14.4. The minimum absolute atomic E-state index is 0.176. The molecule has 1 aliphatic heterocycles. The van der Waals surface area contributed by atoms with Crippen LogP contribution < -0.4 is 5.32 Å². The average Bonchev–Trinajstić information content (AvgIpc) is 2.48. The van der Waals surface area contributed by atoms with E-state index >= 15 is 0 Å². The van der Waals surface area contributed by atoms with Crippen molar-refractivity contribution >= 4 is 17.5 Å². The average molecular weight is 323 g/mol. The highest BCUT2D eigenvalue weighted by Crippen LogP contribution is 2.20. The second-order valence-electron chi connectivity index (χ2n) is 6.38. The van der Waals surface area contributed by atoms with Crippen LogP contribution in [0.1, 0.15) is 45.1 Å². The van der Waals surface area contributed by atoms with Crippen LogP contribution in [0.5, 0.6) is 0 Å². The number of nitrogens with one attached hydrogen (secondary N) is 1. The molecule has 1 saturated heterocycles. The molecule has 0 aliphatic carbocycles. The van der Waals surface area contributed by atoms with Crippen LogP contribution >= 0.6 is 11.6 Å². The van der Waals surface area contributed by atoms with Gasteiger partial charge in [0.2, 0.25) is 5.91 Å². The van der Waals surface area contributed by atoms with Gasteiger partial charge in [0, 0.05) is 23.5 Å². The van der Waals surface area contributed by atoms with E-state index in [0.29, 0.717) is 6.04 Å². The van der Waals surface area contributed by atoms with Crippen molar-refractivity contribution in [3.05, 3.63) is 34.9 Å². The zero-order chi connectivity index (χ0) is 15.9. The lowest BCUT2D eigenvalue weighted by molar-refractivity contribution is -0.127. The maximum atomic E-state index is 12.2. The van der Waals surface area contributed by atoms with E-state index in [1.54, 1.807) is 0 Å². The standard InChI is InChI=1S/C18H27ClN2O/c1-3-5-14(2)20-18(22)16-8-10-21(11-9-16)13-15-6-4-7-17(19)12-15/h4,6-7,12,14,16H,3,5,8-11,13H2,1-2H3,(H,20,22)/t14-/m1/s1. The molecular formula is C18H27ClN2O. The molecule has 0 bridgehead atoms. The molecule has 1 aromatic carbocycles. The highest BCUT2D eigenvalue weighted by molar-refractivity contribution is 6.30. The molecule has 1 heterocycles. The third-order valence-electron chi connectivity index (χ3n) is 4.36. The van der Waals surface area contributed by atoms with E-state index in [1.807, 2.05) is 18.2 Å². The number of benzene rings is 1. The number of amides is 1. The van der Waals surface area contributed by atoms with Crippen molar-refractivity contribution in [2.24, 2.45) is 5.92 Å². The number of hydrogen-bond donors (Lipinski definition) is 1. The lowest BCUT2D eigenvalue weighted by Crippen LogP contribution is -2.42. The van der Waals surface area contributed by atoms with Gasteiger partial charge in [-0.25, -0.2) is 0 Å². The maximum absolute atomic E-state index is 12.2. The van der Waals surface area contributed by atoms with E-state index in [0.717, 1.165) is 50.3 Å². The van der Waals surface area contributed by atoms with Gasteiger partial charge in [-0.2, -0.15) is 0 Å². The van der Waals surface area contributed by atoms with E-state index in [9.17, 15) is 4.79 Å². The first-order chi connectivity index (χ1) is 10.6. The van der Waals surface area contributed by atoms with Gasteiger partial charge in [-0.3, -0.25) is 9.69 Å². The molecule has 0 radical (unpaired) electrons. The molecule has 4 heteroatoms. The Hall–Kier alpha value is -1.06. The summed E-state index contributed by atoms with van der Waals surface area (Å²) in [6.07, 6.45) is 4.06. The van der Waals surface area contributed by atoms with E-state index in [1.165, 1.54) is 5.56 Å². The van der Waals surface area contributed by atoms with Crippen LogP contribution in [0.15, 0.2) is 24.3 Å². The molecule has 0 spiro atoms. The summed E-state index contributed by atoms with van der Waals surface area (Å²) in [7, 11) is 0. The Morgan fingerprint density at radius 2 is 2.14 bits per heavy atom. The van der Waals surface area contributed by atoms with Crippen molar-refractivity contribution in [2.45, 2.75) is 52.1 Å². The fourth-order valence-corrected chi connectivity index (χ4v) is 3.33. The van der Waals surface area contributed by atoms with Crippen molar-refractivity contribution in [3.63, 3.8) is 0 Å². The monoisotopic (exact) mass is 322 g/mol. The molecule has 1 aromatic rings. The molecule has 122 valence electrons. The Kier molecular flexibility index (Phi) is 6.71. The SMILES string of the molecule is CCC[C@@H](C)NC(=O)C1CCN(Cc2cccc(Cl)c2)CC1. The molecular weight excluding hydrogens is 296 g/mol. The number of piperidine rings is 1. The Balaban J connectivity index is 1.76.